The topological polar surface area (TPSA) is 99.3 Å². The van der Waals surface area contributed by atoms with Gasteiger partial charge in [0.15, 0.2) is 0 Å². The first kappa shape index (κ1) is 15.7. The monoisotopic (exact) mass is 307 g/mol. The van der Waals surface area contributed by atoms with Gasteiger partial charge in [-0.05, 0) is 13.0 Å². The van der Waals surface area contributed by atoms with Gasteiger partial charge in [-0.1, -0.05) is 11.6 Å². The molecule has 9 heteroatoms. The number of carbonyl (C=O) groups is 1. The molecule has 1 amide bonds. The molecule has 0 saturated heterocycles. The number of hydrogen-bond donors (Lipinski definition) is 2. The fourth-order valence-corrected chi connectivity index (χ4v) is 2.35. The van der Waals surface area contributed by atoms with Crippen molar-refractivity contribution in [3.8, 4) is 0 Å². The number of pyridine rings is 1. The summed E-state index contributed by atoms with van der Waals surface area (Å²) < 4.78 is 25.8. The van der Waals surface area contributed by atoms with Gasteiger partial charge in [0.2, 0.25) is 15.9 Å². The van der Waals surface area contributed by atoms with Gasteiger partial charge in [-0.2, -0.15) is 0 Å². The minimum atomic E-state index is -3.89. The van der Waals surface area contributed by atoms with Crippen molar-refractivity contribution >= 4 is 27.5 Å². The van der Waals surface area contributed by atoms with E-state index < -0.39 is 15.6 Å². The second kappa shape index (κ2) is 6.18. The summed E-state index contributed by atoms with van der Waals surface area (Å²) in [6, 6.07) is 1.02. The van der Waals surface area contributed by atoms with Gasteiger partial charge in [-0.25, -0.2) is 13.1 Å². The molecule has 0 aliphatic rings. The maximum atomic E-state index is 11.8. The minimum Gasteiger partial charge on any atom is -0.345 e. The smallest absolute Gasteiger partial charge is 0.266 e. The van der Waals surface area contributed by atoms with Crippen molar-refractivity contribution in [1.29, 1.82) is 0 Å². The molecule has 1 aromatic heterocycles. The highest BCUT2D eigenvalue weighted by Gasteiger charge is 2.17. The van der Waals surface area contributed by atoms with E-state index in [1.165, 1.54) is 4.90 Å². The standard InChI is InChI=1S/C10H14ClN3O4S/c1-3-14(2)9(15)6-13-19(17,18)7-4-8(11)10(16)12-5-7/h4-5,13H,3,6H2,1-2H3,(H,12,16). The average molecular weight is 308 g/mol. The lowest BCUT2D eigenvalue weighted by Crippen LogP contribution is -2.38. The molecule has 2 N–H and O–H groups in total. The zero-order chi connectivity index (χ0) is 14.6. The predicted molar refractivity (Wildman–Crippen MR) is 70.6 cm³/mol. The SMILES string of the molecule is CCN(C)C(=O)CNS(=O)(=O)c1c[nH]c(=O)c(Cl)c1. The quantitative estimate of drug-likeness (QED) is 0.786. The van der Waals surface area contributed by atoms with Crippen LogP contribution in [0.2, 0.25) is 5.02 Å². The first-order valence-electron chi connectivity index (χ1n) is 5.39. The number of amides is 1. The van der Waals surface area contributed by atoms with Crippen molar-refractivity contribution in [3.05, 3.63) is 27.6 Å². The van der Waals surface area contributed by atoms with E-state index in [-0.39, 0.29) is 22.4 Å². The van der Waals surface area contributed by atoms with Gasteiger partial charge >= 0.3 is 0 Å². The summed E-state index contributed by atoms with van der Waals surface area (Å²) in [4.78, 5) is 25.9. The maximum Gasteiger partial charge on any atom is 0.266 e. The molecule has 0 aromatic carbocycles. The summed E-state index contributed by atoms with van der Waals surface area (Å²) in [6.07, 6.45) is 1.02. The van der Waals surface area contributed by atoms with Crippen molar-refractivity contribution < 1.29 is 13.2 Å². The molecule has 0 radical (unpaired) electrons. The van der Waals surface area contributed by atoms with Crippen LogP contribution in [-0.4, -0.2) is 44.3 Å². The highest BCUT2D eigenvalue weighted by Crippen LogP contribution is 2.09. The molecule has 0 bridgehead atoms. The van der Waals surface area contributed by atoms with Crippen LogP contribution in [0.4, 0.5) is 0 Å². The van der Waals surface area contributed by atoms with E-state index in [1.807, 2.05) is 0 Å². The van der Waals surface area contributed by atoms with Crippen LogP contribution in [0.25, 0.3) is 0 Å². The molecule has 1 rings (SSSR count). The fraction of sp³-hybridized carbons (Fsp3) is 0.400. The highest BCUT2D eigenvalue weighted by atomic mass is 35.5. The van der Waals surface area contributed by atoms with Crippen molar-refractivity contribution in [2.75, 3.05) is 20.1 Å². The Hall–Kier alpha value is -1.38. The van der Waals surface area contributed by atoms with Crippen LogP contribution in [0.15, 0.2) is 22.0 Å². The molecule has 1 aromatic rings. The van der Waals surface area contributed by atoms with Crippen LogP contribution in [0.5, 0.6) is 0 Å². The summed E-state index contributed by atoms with van der Waals surface area (Å²) in [5, 5.41) is -0.236. The van der Waals surface area contributed by atoms with Crippen LogP contribution < -0.4 is 10.3 Å². The molecule has 0 saturated carbocycles. The number of sulfonamides is 1. The number of aromatic nitrogens is 1. The third-order valence-corrected chi connectivity index (χ3v) is 4.12. The van der Waals surface area contributed by atoms with Crippen LogP contribution >= 0.6 is 11.6 Å². The van der Waals surface area contributed by atoms with Gasteiger partial charge in [0.25, 0.3) is 5.56 Å². The minimum absolute atomic E-state index is 0.205. The van der Waals surface area contributed by atoms with Crippen molar-refractivity contribution in [2.45, 2.75) is 11.8 Å². The molecule has 1 heterocycles. The highest BCUT2D eigenvalue weighted by molar-refractivity contribution is 7.89. The molecule has 0 spiro atoms. The Morgan fingerprint density at radius 1 is 1.53 bits per heavy atom. The molecule has 19 heavy (non-hydrogen) atoms. The third kappa shape index (κ3) is 4.05. The molecule has 0 aliphatic heterocycles. The van der Waals surface area contributed by atoms with E-state index in [1.54, 1.807) is 14.0 Å². The fourth-order valence-electron chi connectivity index (χ4n) is 1.14. The van der Waals surface area contributed by atoms with E-state index in [4.69, 9.17) is 11.6 Å². The Labute approximate surface area is 115 Å². The number of nitrogens with one attached hydrogen (secondary N) is 2. The Kier molecular flexibility index (Phi) is 5.10. The summed E-state index contributed by atoms with van der Waals surface area (Å²) in [7, 11) is -2.33. The molecule has 0 aliphatic carbocycles. The number of nitrogens with zero attached hydrogens (tertiary/aromatic N) is 1. The average Bonchev–Trinajstić information content (AvgIpc) is 2.38. The van der Waals surface area contributed by atoms with Crippen molar-refractivity contribution in [3.63, 3.8) is 0 Å². The lowest BCUT2D eigenvalue weighted by Gasteiger charge is -2.14. The van der Waals surface area contributed by atoms with E-state index in [2.05, 4.69) is 9.71 Å². The molecule has 106 valence electrons. The van der Waals surface area contributed by atoms with Crippen molar-refractivity contribution in [1.82, 2.24) is 14.6 Å². The second-order valence-electron chi connectivity index (χ2n) is 3.74. The number of likely N-dealkylation sites (N-methyl/N-ethyl adjacent to an activating group) is 1. The zero-order valence-corrected chi connectivity index (χ0v) is 12.0. The first-order chi connectivity index (χ1) is 8.77. The Morgan fingerprint density at radius 3 is 2.68 bits per heavy atom. The van der Waals surface area contributed by atoms with Crippen LogP contribution in [0.1, 0.15) is 6.92 Å². The van der Waals surface area contributed by atoms with Gasteiger partial charge in [-0.15, -0.1) is 0 Å². The number of aromatic amines is 1. The second-order valence-corrected chi connectivity index (χ2v) is 5.92. The molecule has 0 atom stereocenters. The van der Waals surface area contributed by atoms with E-state index >= 15 is 0 Å². The van der Waals surface area contributed by atoms with Crippen LogP contribution in [0.3, 0.4) is 0 Å². The number of rotatable bonds is 5. The molecular weight excluding hydrogens is 294 g/mol. The number of hydrogen-bond acceptors (Lipinski definition) is 4. The van der Waals surface area contributed by atoms with Crippen LogP contribution in [0, 0.1) is 0 Å². The van der Waals surface area contributed by atoms with E-state index in [0.29, 0.717) is 6.54 Å². The third-order valence-electron chi connectivity index (χ3n) is 2.46. The first-order valence-corrected chi connectivity index (χ1v) is 7.26. The summed E-state index contributed by atoms with van der Waals surface area (Å²) >= 11 is 5.54. The maximum absolute atomic E-state index is 11.8. The van der Waals surface area contributed by atoms with Crippen molar-refractivity contribution in [2.24, 2.45) is 0 Å². The largest absolute Gasteiger partial charge is 0.345 e. The molecular formula is C10H14ClN3O4S. The molecule has 7 nitrogen and oxygen atoms in total. The summed E-state index contributed by atoms with van der Waals surface area (Å²) in [5.74, 6) is -0.360. The Balaban J connectivity index is 2.84. The van der Waals surface area contributed by atoms with Gasteiger partial charge in [0, 0.05) is 19.8 Å². The van der Waals surface area contributed by atoms with Crippen LogP contribution in [-0.2, 0) is 14.8 Å². The Morgan fingerprint density at radius 2 is 2.16 bits per heavy atom. The number of H-pyrrole nitrogens is 1. The number of halogens is 1. The van der Waals surface area contributed by atoms with Gasteiger partial charge in [0.1, 0.15) is 5.02 Å². The summed E-state index contributed by atoms with van der Waals surface area (Å²) in [5.41, 5.74) is -0.581. The van der Waals surface area contributed by atoms with Gasteiger partial charge < -0.3 is 9.88 Å². The zero-order valence-electron chi connectivity index (χ0n) is 10.4. The van der Waals surface area contributed by atoms with Gasteiger partial charge in [-0.3, -0.25) is 9.59 Å². The Bertz CT molecular complexity index is 626. The molecule has 0 unspecified atom stereocenters. The lowest BCUT2D eigenvalue weighted by molar-refractivity contribution is -0.128. The van der Waals surface area contributed by atoms with E-state index in [0.717, 1.165) is 12.3 Å². The molecule has 0 fully saturated rings. The summed E-state index contributed by atoms with van der Waals surface area (Å²) in [6.45, 7) is 1.89. The lowest BCUT2D eigenvalue weighted by atomic mass is 10.5. The normalized spacial score (nSPS) is 11.3. The number of carbonyl (C=O) groups excluding carboxylic acids is 1. The van der Waals surface area contributed by atoms with E-state index in [9.17, 15) is 18.0 Å². The van der Waals surface area contributed by atoms with Gasteiger partial charge in [0.05, 0.1) is 11.4 Å². The predicted octanol–water partition coefficient (Wildman–Crippen LogP) is -0.215.